The van der Waals surface area contributed by atoms with Crippen molar-refractivity contribution in [2.75, 3.05) is 19.8 Å². The molecule has 0 aromatic rings. The van der Waals surface area contributed by atoms with Crippen molar-refractivity contribution in [3.63, 3.8) is 0 Å². The molecule has 0 bridgehead atoms. The Balaban J connectivity index is 4.25. The van der Waals surface area contributed by atoms with Gasteiger partial charge in [0.2, 0.25) is 0 Å². The summed E-state index contributed by atoms with van der Waals surface area (Å²) in [4.78, 5) is 46.2. The van der Waals surface area contributed by atoms with Crippen LogP contribution in [0.3, 0.4) is 0 Å². The van der Waals surface area contributed by atoms with Crippen LogP contribution in [0, 0.1) is 0 Å². The van der Waals surface area contributed by atoms with Crippen LogP contribution in [0.25, 0.3) is 0 Å². The zero-order valence-corrected chi connectivity index (χ0v) is 41.5. The van der Waals surface area contributed by atoms with Gasteiger partial charge in [0.25, 0.3) is 0 Å². The second kappa shape index (κ2) is 47.0. The van der Waals surface area contributed by atoms with Gasteiger partial charge in [-0.1, -0.05) is 217 Å². The van der Waals surface area contributed by atoms with Gasteiger partial charge in [-0.25, -0.2) is 4.57 Å². The zero-order chi connectivity index (χ0) is 47.0. The van der Waals surface area contributed by atoms with E-state index >= 15 is 0 Å². The van der Waals surface area contributed by atoms with E-state index in [0.29, 0.717) is 12.8 Å². The highest BCUT2D eigenvalue weighted by Crippen LogP contribution is 2.43. The number of hydrogen-bond acceptors (Lipinski definition) is 9. The van der Waals surface area contributed by atoms with E-state index in [-0.39, 0.29) is 19.4 Å². The Labute approximate surface area is 390 Å². The summed E-state index contributed by atoms with van der Waals surface area (Å²) in [6.07, 6.45) is 54.5. The lowest BCUT2D eigenvalue weighted by atomic mass is 10.0. The molecule has 0 fully saturated rings. The third kappa shape index (κ3) is 46.0. The summed E-state index contributed by atoms with van der Waals surface area (Å²) in [5.74, 6) is -2.38. The largest absolute Gasteiger partial charge is 0.480 e. The van der Waals surface area contributed by atoms with E-state index in [1.807, 2.05) is 0 Å². The number of carboxylic acids is 1. The van der Waals surface area contributed by atoms with E-state index in [0.717, 1.165) is 77.0 Å². The van der Waals surface area contributed by atoms with Gasteiger partial charge in [0.1, 0.15) is 12.6 Å². The van der Waals surface area contributed by atoms with Crippen LogP contribution in [0.2, 0.25) is 0 Å². The third-order valence-corrected chi connectivity index (χ3v) is 12.0. The average molecular weight is 924 g/mol. The first kappa shape index (κ1) is 61.4. The number of carbonyl (C=O) groups excluding carboxylic acids is 2. The van der Waals surface area contributed by atoms with E-state index in [2.05, 4.69) is 67.0 Å². The Hall–Kier alpha value is -2.56. The maximum atomic E-state index is 12.7. The predicted octanol–water partition coefficient (Wildman–Crippen LogP) is 14.5. The number of phosphoric acid groups is 1. The van der Waals surface area contributed by atoms with Crippen LogP contribution in [0.5, 0.6) is 0 Å². The Kier molecular flexibility index (Phi) is 45.1. The van der Waals surface area contributed by atoms with Crippen molar-refractivity contribution in [3.05, 3.63) is 48.6 Å². The monoisotopic (exact) mass is 924 g/mol. The van der Waals surface area contributed by atoms with Gasteiger partial charge in [-0.3, -0.25) is 23.4 Å². The van der Waals surface area contributed by atoms with E-state index in [9.17, 15) is 23.8 Å². The number of aliphatic carboxylic acids is 1. The lowest BCUT2D eigenvalue weighted by Crippen LogP contribution is -2.34. The molecule has 0 saturated heterocycles. The Bertz CT molecular complexity index is 1270. The fourth-order valence-corrected chi connectivity index (χ4v) is 7.90. The summed E-state index contributed by atoms with van der Waals surface area (Å²) in [6.45, 7) is 2.72. The topological polar surface area (TPSA) is 172 Å². The van der Waals surface area contributed by atoms with Gasteiger partial charge in [0.15, 0.2) is 6.10 Å². The number of rotatable bonds is 48. The molecule has 372 valence electrons. The van der Waals surface area contributed by atoms with E-state index < -0.39 is 51.1 Å². The van der Waals surface area contributed by atoms with Gasteiger partial charge in [0, 0.05) is 12.8 Å². The first-order chi connectivity index (χ1) is 31.1. The average Bonchev–Trinajstić information content (AvgIpc) is 3.27. The van der Waals surface area contributed by atoms with Gasteiger partial charge in [0.05, 0.1) is 13.2 Å². The lowest BCUT2D eigenvalue weighted by Gasteiger charge is -2.20. The first-order valence-electron chi connectivity index (χ1n) is 25.7. The molecule has 0 saturated carbocycles. The normalized spacial score (nSPS) is 13.9. The van der Waals surface area contributed by atoms with Crippen LogP contribution >= 0.6 is 7.82 Å². The minimum absolute atomic E-state index is 0.152. The number of carboxylic acid groups (broad SMARTS) is 1. The summed E-state index contributed by atoms with van der Waals surface area (Å²) < 4.78 is 32.9. The molecule has 0 amide bonds. The maximum Gasteiger partial charge on any atom is 0.472 e. The zero-order valence-electron chi connectivity index (χ0n) is 40.6. The molecule has 12 heteroatoms. The molecule has 64 heavy (non-hydrogen) atoms. The first-order valence-corrected chi connectivity index (χ1v) is 27.2. The third-order valence-electron chi connectivity index (χ3n) is 11.1. The van der Waals surface area contributed by atoms with Gasteiger partial charge < -0.3 is 25.2 Å². The van der Waals surface area contributed by atoms with E-state index in [4.69, 9.17) is 24.8 Å². The maximum absolute atomic E-state index is 12.7. The molecular formula is C52H94NO10P. The van der Waals surface area contributed by atoms with Gasteiger partial charge in [-0.15, -0.1) is 0 Å². The molecule has 0 aliphatic carbocycles. The van der Waals surface area contributed by atoms with Crippen molar-refractivity contribution in [3.8, 4) is 0 Å². The van der Waals surface area contributed by atoms with Crippen LogP contribution < -0.4 is 5.73 Å². The molecule has 0 rings (SSSR count). The number of ether oxygens (including phenoxy) is 2. The summed E-state index contributed by atoms with van der Waals surface area (Å²) in [5.41, 5.74) is 5.35. The molecule has 0 aromatic carbocycles. The highest BCUT2D eigenvalue weighted by atomic mass is 31.2. The molecule has 0 aliphatic rings. The Morgan fingerprint density at radius 3 is 1.31 bits per heavy atom. The molecule has 3 unspecified atom stereocenters. The highest BCUT2D eigenvalue weighted by Gasteiger charge is 2.28. The Morgan fingerprint density at radius 1 is 0.500 bits per heavy atom. The fourth-order valence-electron chi connectivity index (χ4n) is 7.12. The fraction of sp³-hybridized carbons (Fsp3) is 0.788. The van der Waals surface area contributed by atoms with Crippen LogP contribution in [-0.2, 0) is 37.5 Å². The van der Waals surface area contributed by atoms with Crippen LogP contribution in [0.1, 0.15) is 232 Å². The number of unbranched alkanes of at least 4 members (excludes halogenated alkanes) is 26. The van der Waals surface area contributed by atoms with Crippen molar-refractivity contribution in [1.82, 2.24) is 0 Å². The van der Waals surface area contributed by atoms with E-state index in [1.165, 1.54) is 116 Å². The number of carbonyl (C=O) groups is 3. The SMILES string of the molecule is CC/C=C\C/C=C\C/C=C\C/C=C\CCCCCCCCCCC(=O)OC(COC(=O)CCCCCCCCCCCCCCCCCCCCC)COP(=O)(O)OCC(N)C(=O)O. The molecule has 11 nitrogen and oxygen atoms in total. The number of nitrogens with two attached hydrogens (primary N) is 1. The minimum atomic E-state index is -4.72. The van der Waals surface area contributed by atoms with Crippen LogP contribution in [0.15, 0.2) is 48.6 Å². The van der Waals surface area contributed by atoms with Crippen molar-refractivity contribution in [2.45, 2.75) is 244 Å². The van der Waals surface area contributed by atoms with Gasteiger partial charge >= 0.3 is 25.7 Å². The molecule has 3 atom stereocenters. The molecule has 0 radical (unpaired) electrons. The molecule has 0 spiro atoms. The summed E-state index contributed by atoms with van der Waals surface area (Å²) >= 11 is 0. The van der Waals surface area contributed by atoms with Crippen molar-refractivity contribution >= 4 is 25.7 Å². The van der Waals surface area contributed by atoms with E-state index in [1.54, 1.807) is 0 Å². The van der Waals surface area contributed by atoms with Gasteiger partial charge in [-0.05, 0) is 51.4 Å². The predicted molar refractivity (Wildman–Crippen MR) is 263 cm³/mol. The standard InChI is InChI=1S/C52H94NO10P/c1-3-5-7-9-11-13-15-17-19-21-23-24-26-28-30-32-34-36-38-40-42-44-51(55)63-48(46-61-64(58,59)62-47-49(53)52(56)57)45-60-50(54)43-41-39-37-35-33-31-29-27-25-22-20-18-16-14-12-10-8-6-4-2/h5,7,11,13,17,19,23-24,48-49H,3-4,6,8-10,12,14-16,18,20-22,25-47,53H2,1-2H3,(H,56,57)(H,58,59)/b7-5-,13-11-,19-17-,24-23-. The number of hydrogen-bond donors (Lipinski definition) is 3. The van der Waals surface area contributed by atoms with Crippen molar-refractivity contribution < 1.29 is 47.5 Å². The van der Waals surface area contributed by atoms with Crippen molar-refractivity contribution in [1.29, 1.82) is 0 Å². The minimum Gasteiger partial charge on any atom is -0.480 e. The Morgan fingerprint density at radius 2 is 0.875 bits per heavy atom. The number of allylic oxidation sites excluding steroid dienone is 8. The molecule has 0 aromatic heterocycles. The van der Waals surface area contributed by atoms with Crippen LogP contribution in [-0.4, -0.2) is 59.9 Å². The molecule has 0 heterocycles. The lowest BCUT2D eigenvalue weighted by molar-refractivity contribution is -0.161. The van der Waals surface area contributed by atoms with Crippen LogP contribution in [0.4, 0.5) is 0 Å². The van der Waals surface area contributed by atoms with Crippen molar-refractivity contribution in [2.24, 2.45) is 5.73 Å². The molecular weight excluding hydrogens is 830 g/mol. The second-order valence-electron chi connectivity index (χ2n) is 17.3. The summed E-state index contributed by atoms with van der Waals surface area (Å²) in [6, 6.07) is -1.52. The highest BCUT2D eigenvalue weighted by molar-refractivity contribution is 7.47. The number of esters is 2. The smallest absolute Gasteiger partial charge is 0.472 e. The number of phosphoric ester groups is 1. The molecule has 4 N–H and O–H groups in total. The van der Waals surface area contributed by atoms with Gasteiger partial charge in [-0.2, -0.15) is 0 Å². The summed E-state index contributed by atoms with van der Waals surface area (Å²) in [7, 11) is -4.72. The molecule has 0 aliphatic heterocycles. The summed E-state index contributed by atoms with van der Waals surface area (Å²) in [5, 5.41) is 8.92. The quantitative estimate of drug-likeness (QED) is 0.0229. The second-order valence-corrected chi connectivity index (χ2v) is 18.7.